The molecule has 0 aliphatic carbocycles. The highest BCUT2D eigenvalue weighted by atomic mass is 15.1. The summed E-state index contributed by atoms with van der Waals surface area (Å²) in [6, 6.07) is 9.36. The second-order valence-electron chi connectivity index (χ2n) is 2.88. The summed E-state index contributed by atoms with van der Waals surface area (Å²) in [5.41, 5.74) is 2.86. The van der Waals surface area contributed by atoms with Gasteiger partial charge in [-0.25, -0.2) is 0 Å². The summed E-state index contributed by atoms with van der Waals surface area (Å²) in [4.78, 5) is 2.41. The molecule has 1 heterocycles. The lowest BCUT2D eigenvalue weighted by Gasteiger charge is -2.15. The lowest BCUT2D eigenvalue weighted by Crippen LogP contribution is -2.18. The fourth-order valence-corrected chi connectivity index (χ4v) is 1.67. The van der Waals surface area contributed by atoms with E-state index in [9.17, 15) is 0 Å². The summed E-state index contributed by atoms with van der Waals surface area (Å²) in [6.07, 6.45) is 1.19. The fraction of sp³-hybridized carbons (Fsp3) is 0.400. The molecule has 1 aliphatic rings. The largest absolute Gasteiger partial charge is 0.371 e. The molecule has 0 N–H and O–H groups in total. The number of rotatable bonds is 1. The standard InChI is InChI=1S/C10H12N/c1-2-11-8-7-9-5-3-4-6-10(9)11/h4-6H,2,7-8H2,1H3. The Labute approximate surface area is 67.6 Å². The van der Waals surface area contributed by atoms with Crippen LogP contribution in [0.15, 0.2) is 18.2 Å². The number of nitrogens with zero attached hydrogens (tertiary/aromatic N) is 1. The average molecular weight is 146 g/mol. The molecular formula is C10H12N. The summed E-state index contributed by atoms with van der Waals surface area (Å²) >= 11 is 0. The molecule has 0 saturated heterocycles. The van der Waals surface area contributed by atoms with Gasteiger partial charge in [0.15, 0.2) is 0 Å². The summed E-state index contributed by atoms with van der Waals surface area (Å²) in [5, 5.41) is 0. The van der Waals surface area contributed by atoms with Gasteiger partial charge in [-0.3, -0.25) is 0 Å². The molecule has 0 amide bonds. The van der Waals surface area contributed by atoms with Gasteiger partial charge in [0.05, 0.1) is 0 Å². The monoisotopic (exact) mass is 146 g/mol. The number of hydrogen-bond donors (Lipinski definition) is 0. The maximum absolute atomic E-state index is 3.11. The molecule has 0 saturated carbocycles. The summed E-state index contributed by atoms with van der Waals surface area (Å²) < 4.78 is 0. The van der Waals surface area contributed by atoms with Gasteiger partial charge in [-0.15, -0.1) is 0 Å². The van der Waals surface area contributed by atoms with E-state index in [1.54, 1.807) is 0 Å². The van der Waals surface area contributed by atoms with Crippen LogP contribution < -0.4 is 4.90 Å². The molecule has 0 aromatic heterocycles. The molecule has 1 aromatic rings. The van der Waals surface area contributed by atoms with Crippen LogP contribution in [0.5, 0.6) is 0 Å². The van der Waals surface area contributed by atoms with E-state index in [1.807, 2.05) is 6.07 Å². The Morgan fingerprint density at radius 1 is 1.64 bits per heavy atom. The van der Waals surface area contributed by atoms with Gasteiger partial charge >= 0.3 is 0 Å². The van der Waals surface area contributed by atoms with Crippen LogP contribution in [0.1, 0.15) is 12.5 Å². The number of hydrogen-bond acceptors (Lipinski definition) is 1. The predicted molar refractivity (Wildman–Crippen MR) is 46.9 cm³/mol. The molecule has 0 unspecified atom stereocenters. The van der Waals surface area contributed by atoms with Crippen LogP contribution in [0.25, 0.3) is 0 Å². The zero-order chi connectivity index (χ0) is 7.68. The molecular weight excluding hydrogens is 134 g/mol. The Bertz CT molecular complexity index is 255. The van der Waals surface area contributed by atoms with Crippen LogP contribution in [0.4, 0.5) is 5.69 Å². The van der Waals surface area contributed by atoms with Crippen molar-refractivity contribution in [2.45, 2.75) is 13.3 Å². The molecule has 2 rings (SSSR count). The molecule has 11 heavy (non-hydrogen) atoms. The van der Waals surface area contributed by atoms with Crippen LogP contribution >= 0.6 is 0 Å². The van der Waals surface area contributed by atoms with Crippen molar-refractivity contribution in [2.24, 2.45) is 0 Å². The SMILES string of the molecule is CCN1CCc2c[c]ccc21. The Kier molecular flexibility index (Phi) is 1.57. The zero-order valence-corrected chi connectivity index (χ0v) is 6.80. The molecule has 0 atom stereocenters. The van der Waals surface area contributed by atoms with Crippen molar-refractivity contribution in [3.05, 3.63) is 29.8 Å². The molecule has 1 heteroatoms. The highest BCUT2D eigenvalue weighted by molar-refractivity contribution is 5.57. The van der Waals surface area contributed by atoms with Crippen LogP contribution in [0.2, 0.25) is 0 Å². The molecule has 1 nitrogen and oxygen atoms in total. The van der Waals surface area contributed by atoms with E-state index in [4.69, 9.17) is 0 Å². The highest BCUT2D eigenvalue weighted by Gasteiger charge is 2.15. The molecule has 1 aliphatic heterocycles. The third kappa shape index (κ3) is 1.01. The molecule has 0 spiro atoms. The minimum absolute atomic E-state index is 1.12. The third-order valence-electron chi connectivity index (χ3n) is 2.30. The first-order valence-corrected chi connectivity index (χ1v) is 4.15. The summed E-state index contributed by atoms with van der Waals surface area (Å²) in [5.74, 6) is 0. The van der Waals surface area contributed by atoms with Crippen molar-refractivity contribution in [3.8, 4) is 0 Å². The van der Waals surface area contributed by atoms with Gasteiger partial charge in [0.2, 0.25) is 0 Å². The van der Waals surface area contributed by atoms with Crippen LogP contribution in [-0.2, 0) is 6.42 Å². The minimum Gasteiger partial charge on any atom is -0.371 e. The lowest BCUT2D eigenvalue weighted by atomic mass is 10.2. The second kappa shape index (κ2) is 2.57. The maximum atomic E-state index is 3.11. The summed E-state index contributed by atoms with van der Waals surface area (Å²) in [7, 11) is 0. The second-order valence-corrected chi connectivity index (χ2v) is 2.88. The Morgan fingerprint density at radius 2 is 2.55 bits per heavy atom. The van der Waals surface area contributed by atoms with Crippen molar-refractivity contribution in [3.63, 3.8) is 0 Å². The Balaban J connectivity index is 2.39. The van der Waals surface area contributed by atoms with Crippen molar-refractivity contribution >= 4 is 5.69 Å². The van der Waals surface area contributed by atoms with E-state index in [2.05, 4.69) is 30.0 Å². The average Bonchev–Trinajstić information content (AvgIpc) is 2.47. The predicted octanol–water partition coefficient (Wildman–Crippen LogP) is 1.87. The highest BCUT2D eigenvalue weighted by Crippen LogP contribution is 2.26. The minimum atomic E-state index is 1.12. The normalized spacial score (nSPS) is 15.2. The maximum Gasteiger partial charge on any atom is 0.0399 e. The van der Waals surface area contributed by atoms with Gasteiger partial charge in [-0.1, -0.05) is 6.07 Å². The first kappa shape index (κ1) is 6.71. The van der Waals surface area contributed by atoms with E-state index in [0.29, 0.717) is 0 Å². The quantitative estimate of drug-likeness (QED) is 0.584. The molecule has 0 bridgehead atoms. The van der Waals surface area contributed by atoms with Gasteiger partial charge in [0, 0.05) is 18.8 Å². The van der Waals surface area contributed by atoms with E-state index in [-0.39, 0.29) is 0 Å². The zero-order valence-electron chi connectivity index (χ0n) is 6.80. The van der Waals surface area contributed by atoms with Gasteiger partial charge in [-0.05, 0) is 37.1 Å². The van der Waals surface area contributed by atoms with Gasteiger partial charge in [0.25, 0.3) is 0 Å². The Morgan fingerprint density at radius 3 is 3.36 bits per heavy atom. The lowest BCUT2D eigenvalue weighted by molar-refractivity contribution is 0.868. The topological polar surface area (TPSA) is 3.24 Å². The van der Waals surface area contributed by atoms with Gasteiger partial charge < -0.3 is 4.90 Å². The van der Waals surface area contributed by atoms with Gasteiger partial charge in [0.1, 0.15) is 0 Å². The third-order valence-corrected chi connectivity index (χ3v) is 2.30. The van der Waals surface area contributed by atoms with Crippen molar-refractivity contribution in [1.29, 1.82) is 0 Å². The molecule has 1 radical (unpaired) electrons. The number of likely N-dealkylation sites (N-methyl/N-ethyl adjacent to an activating group) is 1. The van der Waals surface area contributed by atoms with Crippen LogP contribution in [-0.4, -0.2) is 13.1 Å². The van der Waals surface area contributed by atoms with Crippen LogP contribution in [0, 0.1) is 6.07 Å². The number of fused-ring (bicyclic) bond motifs is 1. The van der Waals surface area contributed by atoms with E-state index < -0.39 is 0 Å². The smallest absolute Gasteiger partial charge is 0.0399 e. The van der Waals surface area contributed by atoms with Crippen molar-refractivity contribution < 1.29 is 0 Å². The van der Waals surface area contributed by atoms with Crippen molar-refractivity contribution in [2.75, 3.05) is 18.0 Å². The van der Waals surface area contributed by atoms with Crippen LogP contribution in [0.3, 0.4) is 0 Å². The first-order chi connectivity index (χ1) is 5.42. The fourth-order valence-electron chi connectivity index (χ4n) is 1.67. The van der Waals surface area contributed by atoms with E-state index in [0.717, 1.165) is 6.54 Å². The van der Waals surface area contributed by atoms with Gasteiger partial charge in [-0.2, -0.15) is 0 Å². The molecule has 1 aromatic carbocycles. The molecule has 0 fully saturated rings. The Hall–Kier alpha value is -0.980. The first-order valence-electron chi connectivity index (χ1n) is 4.15. The van der Waals surface area contributed by atoms with E-state index in [1.165, 1.54) is 24.2 Å². The number of anilines is 1. The van der Waals surface area contributed by atoms with Crippen molar-refractivity contribution in [1.82, 2.24) is 0 Å². The molecule has 57 valence electrons. The van der Waals surface area contributed by atoms with E-state index >= 15 is 0 Å². The number of benzene rings is 1. The summed E-state index contributed by atoms with van der Waals surface area (Å²) in [6.45, 7) is 4.51.